The number of ether oxygens (including phenoxy) is 4. The second kappa shape index (κ2) is 7.91. The maximum absolute atomic E-state index is 12.2. The smallest absolute Gasteiger partial charge is 0.338 e. The van der Waals surface area contributed by atoms with E-state index >= 15 is 0 Å². The summed E-state index contributed by atoms with van der Waals surface area (Å²) in [7, 11) is 1.56. The normalized spacial score (nSPS) is 22.1. The van der Waals surface area contributed by atoms with Crippen LogP contribution < -0.4 is 0 Å². The molecule has 6 nitrogen and oxygen atoms in total. The standard InChI is InChI=1S/C16H20O6/c1-11(17)20-10-14(13-8-9-15(19-2)21-13)22-16(18)12-6-4-3-5-7-12/h3-7,13-15H,8-10H2,1-2H3/t13-,14?,15?/m0/s1. The molecule has 0 N–H and O–H groups in total. The molecular formula is C16H20O6. The maximum Gasteiger partial charge on any atom is 0.338 e. The van der Waals surface area contributed by atoms with Crippen molar-refractivity contribution in [3.8, 4) is 0 Å². The Bertz CT molecular complexity index is 501. The van der Waals surface area contributed by atoms with Crippen LogP contribution in [-0.4, -0.2) is 44.2 Å². The second-order valence-electron chi connectivity index (χ2n) is 5.03. The molecular weight excluding hydrogens is 288 g/mol. The third kappa shape index (κ3) is 4.54. The lowest BCUT2D eigenvalue weighted by molar-refractivity contribution is -0.159. The number of hydrogen-bond acceptors (Lipinski definition) is 6. The lowest BCUT2D eigenvalue weighted by atomic mass is 10.1. The Morgan fingerprint density at radius 1 is 1.27 bits per heavy atom. The van der Waals surface area contributed by atoms with Gasteiger partial charge in [0.2, 0.25) is 0 Å². The third-order valence-electron chi connectivity index (χ3n) is 3.41. The van der Waals surface area contributed by atoms with Gasteiger partial charge in [0.05, 0.1) is 5.56 Å². The Morgan fingerprint density at radius 2 is 2.00 bits per heavy atom. The minimum Gasteiger partial charge on any atom is -0.462 e. The lowest BCUT2D eigenvalue weighted by Gasteiger charge is -2.23. The second-order valence-corrected chi connectivity index (χ2v) is 5.03. The number of esters is 2. The molecule has 1 aromatic carbocycles. The number of benzene rings is 1. The molecule has 1 aliphatic rings. The first-order valence-electron chi connectivity index (χ1n) is 7.17. The van der Waals surface area contributed by atoms with E-state index in [0.717, 1.165) is 0 Å². The Balaban J connectivity index is 2.01. The zero-order valence-electron chi connectivity index (χ0n) is 12.7. The average molecular weight is 308 g/mol. The van der Waals surface area contributed by atoms with E-state index in [1.165, 1.54) is 6.92 Å². The molecule has 3 atom stereocenters. The van der Waals surface area contributed by atoms with Gasteiger partial charge < -0.3 is 18.9 Å². The van der Waals surface area contributed by atoms with E-state index in [9.17, 15) is 9.59 Å². The summed E-state index contributed by atoms with van der Waals surface area (Å²) in [4.78, 5) is 23.2. The minimum atomic E-state index is -0.656. The minimum absolute atomic E-state index is 0.0327. The highest BCUT2D eigenvalue weighted by molar-refractivity contribution is 5.89. The first kappa shape index (κ1) is 16.5. The van der Waals surface area contributed by atoms with Gasteiger partial charge >= 0.3 is 11.9 Å². The van der Waals surface area contributed by atoms with E-state index in [-0.39, 0.29) is 19.0 Å². The van der Waals surface area contributed by atoms with E-state index in [1.54, 1.807) is 31.4 Å². The van der Waals surface area contributed by atoms with Crippen LogP contribution in [0, 0.1) is 0 Å². The van der Waals surface area contributed by atoms with Crippen molar-refractivity contribution in [1.29, 1.82) is 0 Å². The molecule has 0 aliphatic carbocycles. The van der Waals surface area contributed by atoms with Gasteiger partial charge in [-0.3, -0.25) is 4.79 Å². The highest BCUT2D eigenvalue weighted by Crippen LogP contribution is 2.25. The van der Waals surface area contributed by atoms with Crippen molar-refractivity contribution in [3.05, 3.63) is 35.9 Å². The number of carbonyl (C=O) groups excluding carboxylic acids is 2. The Hall–Kier alpha value is -1.92. The van der Waals surface area contributed by atoms with Crippen LogP contribution in [0.25, 0.3) is 0 Å². The fourth-order valence-electron chi connectivity index (χ4n) is 2.27. The van der Waals surface area contributed by atoms with Gasteiger partial charge in [-0.05, 0) is 18.6 Å². The topological polar surface area (TPSA) is 71.1 Å². The molecule has 0 spiro atoms. The zero-order chi connectivity index (χ0) is 15.9. The molecule has 22 heavy (non-hydrogen) atoms. The summed E-state index contributed by atoms with van der Waals surface area (Å²) in [6.45, 7) is 1.28. The first-order valence-corrected chi connectivity index (χ1v) is 7.17. The maximum atomic E-state index is 12.2. The average Bonchev–Trinajstić information content (AvgIpc) is 3.00. The van der Waals surface area contributed by atoms with Crippen LogP contribution in [0.15, 0.2) is 30.3 Å². The lowest BCUT2D eigenvalue weighted by Crippen LogP contribution is -2.36. The summed E-state index contributed by atoms with van der Waals surface area (Å²) >= 11 is 0. The van der Waals surface area contributed by atoms with Crippen LogP contribution in [-0.2, 0) is 23.7 Å². The SMILES string of the molecule is COC1CC[C@@H](C(COC(C)=O)OC(=O)c2ccccc2)O1. The molecule has 6 heteroatoms. The van der Waals surface area contributed by atoms with Gasteiger partial charge in [-0.25, -0.2) is 4.79 Å². The van der Waals surface area contributed by atoms with Crippen LogP contribution in [0.1, 0.15) is 30.1 Å². The predicted molar refractivity (Wildman–Crippen MR) is 77.2 cm³/mol. The van der Waals surface area contributed by atoms with Crippen LogP contribution in [0.5, 0.6) is 0 Å². The van der Waals surface area contributed by atoms with Crippen molar-refractivity contribution in [3.63, 3.8) is 0 Å². The Kier molecular flexibility index (Phi) is 5.91. The van der Waals surface area contributed by atoms with E-state index in [4.69, 9.17) is 18.9 Å². The fourth-order valence-corrected chi connectivity index (χ4v) is 2.27. The van der Waals surface area contributed by atoms with Gasteiger partial charge in [0.1, 0.15) is 12.7 Å². The van der Waals surface area contributed by atoms with Gasteiger partial charge in [0.15, 0.2) is 12.4 Å². The Labute approximate surface area is 129 Å². The molecule has 0 saturated carbocycles. The van der Waals surface area contributed by atoms with Crippen molar-refractivity contribution in [2.75, 3.05) is 13.7 Å². The van der Waals surface area contributed by atoms with Crippen molar-refractivity contribution in [1.82, 2.24) is 0 Å². The molecule has 1 heterocycles. The molecule has 1 saturated heterocycles. The number of rotatable bonds is 6. The largest absolute Gasteiger partial charge is 0.462 e. The van der Waals surface area contributed by atoms with Crippen molar-refractivity contribution in [2.24, 2.45) is 0 Å². The van der Waals surface area contributed by atoms with E-state index in [2.05, 4.69) is 0 Å². The van der Waals surface area contributed by atoms with Crippen molar-refractivity contribution in [2.45, 2.75) is 38.3 Å². The summed E-state index contributed by atoms with van der Waals surface area (Å²) in [6, 6.07) is 8.66. The highest BCUT2D eigenvalue weighted by atomic mass is 16.7. The summed E-state index contributed by atoms with van der Waals surface area (Å²) in [5.41, 5.74) is 0.441. The summed E-state index contributed by atoms with van der Waals surface area (Å²) in [5, 5.41) is 0. The van der Waals surface area contributed by atoms with Gasteiger partial charge in [-0.2, -0.15) is 0 Å². The first-order chi connectivity index (χ1) is 10.6. The zero-order valence-corrected chi connectivity index (χ0v) is 12.7. The molecule has 0 radical (unpaired) electrons. The van der Waals surface area contributed by atoms with E-state index < -0.39 is 18.0 Å². The molecule has 0 aromatic heterocycles. The molecule has 0 amide bonds. The third-order valence-corrected chi connectivity index (χ3v) is 3.41. The van der Waals surface area contributed by atoms with Gasteiger partial charge in [-0.1, -0.05) is 18.2 Å². The number of hydrogen-bond donors (Lipinski definition) is 0. The monoisotopic (exact) mass is 308 g/mol. The van der Waals surface area contributed by atoms with Gasteiger partial charge in [-0.15, -0.1) is 0 Å². The summed E-state index contributed by atoms with van der Waals surface area (Å²) < 4.78 is 21.2. The van der Waals surface area contributed by atoms with Crippen LogP contribution in [0.4, 0.5) is 0 Å². The van der Waals surface area contributed by atoms with Crippen LogP contribution in [0.3, 0.4) is 0 Å². The highest BCUT2D eigenvalue weighted by Gasteiger charge is 2.35. The van der Waals surface area contributed by atoms with Crippen molar-refractivity contribution < 1.29 is 28.5 Å². The molecule has 2 unspecified atom stereocenters. The fraction of sp³-hybridized carbons (Fsp3) is 0.500. The van der Waals surface area contributed by atoms with Crippen molar-refractivity contribution >= 4 is 11.9 Å². The van der Waals surface area contributed by atoms with Crippen LogP contribution in [0.2, 0.25) is 0 Å². The molecule has 120 valence electrons. The molecule has 1 aliphatic heterocycles. The molecule has 1 fully saturated rings. The molecule has 0 bridgehead atoms. The van der Waals surface area contributed by atoms with E-state index in [1.807, 2.05) is 6.07 Å². The van der Waals surface area contributed by atoms with E-state index in [0.29, 0.717) is 18.4 Å². The number of methoxy groups -OCH3 is 1. The van der Waals surface area contributed by atoms with Gasteiger partial charge in [0, 0.05) is 20.5 Å². The van der Waals surface area contributed by atoms with Gasteiger partial charge in [0.25, 0.3) is 0 Å². The quantitative estimate of drug-likeness (QED) is 0.748. The predicted octanol–water partition coefficient (Wildman–Crippen LogP) is 1.93. The molecule has 2 rings (SSSR count). The summed E-state index contributed by atoms with van der Waals surface area (Å²) in [6.07, 6.45) is 0.0571. The van der Waals surface area contributed by atoms with Crippen LogP contribution >= 0.6 is 0 Å². The molecule has 1 aromatic rings. The summed E-state index contributed by atoms with van der Waals surface area (Å²) in [5.74, 6) is -0.899. The Morgan fingerprint density at radius 3 is 2.59 bits per heavy atom. The number of carbonyl (C=O) groups is 2.